The zero-order valence-corrected chi connectivity index (χ0v) is 13.5. The second-order valence-corrected chi connectivity index (χ2v) is 6.91. The number of nitrogens with one attached hydrogen (secondary N) is 1. The first-order valence-electron chi connectivity index (χ1n) is 7.82. The van der Waals surface area contributed by atoms with E-state index in [9.17, 15) is 0 Å². The van der Waals surface area contributed by atoms with Gasteiger partial charge in [0.05, 0.1) is 7.11 Å². The fourth-order valence-corrected chi connectivity index (χ4v) is 4.26. The van der Waals surface area contributed by atoms with Crippen LogP contribution in [0.2, 0.25) is 0 Å². The Morgan fingerprint density at radius 3 is 2.95 bits per heavy atom. The molecule has 2 aromatic rings. The molecule has 1 fully saturated rings. The van der Waals surface area contributed by atoms with E-state index in [1.54, 1.807) is 7.11 Å². The van der Waals surface area contributed by atoms with Gasteiger partial charge in [-0.3, -0.25) is 0 Å². The molecule has 0 unspecified atom stereocenters. The van der Waals surface area contributed by atoms with Gasteiger partial charge in [-0.2, -0.15) is 0 Å². The highest BCUT2D eigenvalue weighted by molar-refractivity contribution is 7.99. The molecule has 6 heteroatoms. The fourth-order valence-electron chi connectivity index (χ4n) is 3.30. The first-order valence-corrected chi connectivity index (χ1v) is 8.80. The molecule has 0 atom stereocenters. The molecule has 1 aromatic heterocycles. The lowest BCUT2D eigenvalue weighted by molar-refractivity contribution is 0.414. The van der Waals surface area contributed by atoms with E-state index in [1.807, 2.05) is 17.8 Å². The molecular weight excluding hydrogens is 296 g/mol. The Bertz CT molecular complexity index is 679. The Morgan fingerprint density at radius 1 is 1.27 bits per heavy atom. The van der Waals surface area contributed by atoms with Gasteiger partial charge < -0.3 is 14.6 Å². The summed E-state index contributed by atoms with van der Waals surface area (Å²) in [5.41, 5.74) is 1.15. The normalized spacial score (nSPS) is 18.4. The van der Waals surface area contributed by atoms with Crippen LogP contribution in [0, 0.1) is 0 Å². The molecule has 2 aliphatic heterocycles. The van der Waals surface area contributed by atoms with Crippen molar-refractivity contribution < 1.29 is 4.74 Å². The molecule has 4 rings (SSSR count). The number of benzene rings is 1. The van der Waals surface area contributed by atoms with Crippen LogP contribution >= 0.6 is 11.8 Å². The quantitative estimate of drug-likeness (QED) is 0.923. The summed E-state index contributed by atoms with van der Waals surface area (Å²) in [6, 6.07) is 6.24. The highest BCUT2D eigenvalue weighted by Crippen LogP contribution is 2.38. The van der Waals surface area contributed by atoms with E-state index in [1.165, 1.54) is 4.90 Å². The Kier molecular flexibility index (Phi) is 3.80. The van der Waals surface area contributed by atoms with E-state index in [0.29, 0.717) is 5.92 Å². The second-order valence-electron chi connectivity index (χ2n) is 5.77. The topological polar surface area (TPSA) is 52.0 Å². The minimum atomic E-state index is 0.527. The van der Waals surface area contributed by atoms with Crippen LogP contribution in [-0.4, -0.2) is 40.7 Å². The average molecular weight is 316 g/mol. The lowest BCUT2D eigenvalue weighted by Crippen LogP contribution is -2.28. The third-order valence-electron chi connectivity index (χ3n) is 4.48. The average Bonchev–Trinajstić information content (AvgIpc) is 2.91. The van der Waals surface area contributed by atoms with Crippen LogP contribution in [-0.2, 0) is 6.54 Å². The maximum atomic E-state index is 5.38. The van der Waals surface area contributed by atoms with Crippen molar-refractivity contribution in [2.45, 2.75) is 30.2 Å². The van der Waals surface area contributed by atoms with Crippen molar-refractivity contribution in [2.24, 2.45) is 0 Å². The Balaban J connectivity index is 1.78. The summed E-state index contributed by atoms with van der Waals surface area (Å²) in [7, 11) is 1.71. The third kappa shape index (κ3) is 2.40. The lowest BCUT2D eigenvalue weighted by atomic mass is 9.97. The Hall–Kier alpha value is -1.53. The number of hydrogen-bond donors (Lipinski definition) is 1. The van der Waals surface area contributed by atoms with Gasteiger partial charge in [0.2, 0.25) is 0 Å². The van der Waals surface area contributed by atoms with Crippen LogP contribution in [0.15, 0.2) is 23.1 Å². The van der Waals surface area contributed by atoms with E-state index in [-0.39, 0.29) is 0 Å². The minimum Gasteiger partial charge on any atom is -0.497 e. The number of aromatic nitrogens is 3. The van der Waals surface area contributed by atoms with Crippen molar-refractivity contribution in [2.75, 3.05) is 26.0 Å². The lowest BCUT2D eigenvalue weighted by Gasteiger charge is -2.22. The summed E-state index contributed by atoms with van der Waals surface area (Å²) < 4.78 is 7.71. The maximum Gasteiger partial charge on any atom is 0.165 e. The summed E-state index contributed by atoms with van der Waals surface area (Å²) in [5.74, 6) is 4.61. The van der Waals surface area contributed by atoms with Gasteiger partial charge in [-0.1, -0.05) is 0 Å². The summed E-state index contributed by atoms with van der Waals surface area (Å²) in [6.45, 7) is 3.13. The van der Waals surface area contributed by atoms with Crippen LogP contribution in [0.25, 0.3) is 11.4 Å². The number of ether oxygens (including phenoxy) is 1. The number of hydrogen-bond acceptors (Lipinski definition) is 5. The summed E-state index contributed by atoms with van der Waals surface area (Å²) >= 11 is 1.89. The zero-order chi connectivity index (χ0) is 14.9. The van der Waals surface area contributed by atoms with Crippen molar-refractivity contribution in [3.8, 4) is 17.1 Å². The van der Waals surface area contributed by atoms with Crippen LogP contribution in [0.3, 0.4) is 0 Å². The van der Waals surface area contributed by atoms with Gasteiger partial charge >= 0.3 is 0 Å². The van der Waals surface area contributed by atoms with Crippen molar-refractivity contribution in [1.29, 1.82) is 0 Å². The standard InChI is InChI=1S/C16H20N4OS/c1-21-12-2-3-14-13(10-12)16-19-18-15(20(16)8-9-22-14)11-4-6-17-7-5-11/h2-3,10-11,17H,4-9H2,1H3. The van der Waals surface area contributed by atoms with Gasteiger partial charge in [-0.15, -0.1) is 22.0 Å². The fraction of sp³-hybridized carbons (Fsp3) is 0.500. The molecule has 0 spiro atoms. The molecule has 2 aliphatic rings. The molecule has 0 bridgehead atoms. The van der Waals surface area contributed by atoms with Crippen molar-refractivity contribution in [3.05, 3.63) is 24.0 Å². The monoisotopic (exact) mass is 316 g/mol. The highest BCUT2D eigenvalue weighted by Gasteiger charge is 2.26. The number of nitrogens with zero attached hydrogens (tertiary/aromatic N) is 3. The Labute approximate surface area is 134 Å². The van der Waals surface area contributed by atoms with Crippen LogP contribution in [0.4, 0.5) is 0 Å². The number of methoxy groups -OCH3 is 1. The molecule has 0 saturated carbocycles. The smallest absolute Gasteiger partial charge is 0.165 e. The number of rotatable bonds is 2. The molecule has 0 aliphatic carbocycles. The molecule has 0 radical (unpaired) electrons. The van der Waals surface area contributed by atoms with Gasteiger partial charge in [-0.05, 0) is 44.1 Å². The van der Waals surface area contributed by atoms with E-state index in [2.05, 4.69) is 32.2 Å². The first-order chi connectivity index (χ1) is 10.9. The SMILES string of the molecule is COc1ccc2c(c1)-c1nnc(C3CCNCC3)n1CCS2. The number of thioether (sulfide) groups is 1. The van der Waals surface area contributed by atoms with Gasteiger partial charge in [0.25, 0.3) is 0 Å². The molecule has 1 N–H and O–H groups in total. The maximum absolute atomic E-state index is 5.38. The third-order valence-corrected chi connectivity index (χ3v) is 5.54. The van der Waals surface area contributed by atoms with Gasteiger partial charge in [-0.25, -0.2) is 0 Å². The summed E-state index contributed by atoms with van der Waals surface area (Å²) in [5, 5.41) is 12.5. The molecule has 116 valence electrons. The largest absolute Gasteiger partial charge is 0.497 e. The highest BCUT2D eigenvalue weighted by atomic mass is 32.2. The van der Waals surface area contributed by atoms with Crippen molar-refractivity contribution >= 4 is 11.8 Å². The second kappa shape index (κ2) is 5.93. The predicted octanol–water partition coefficient (Wildman–Crippen LogP) is 2.53. The Morgan fingerprint density at radius 2 is 2.14 bits per heavy atom. The number of piperidine rings is 1. The van der Waals surface area contributed by atoms with E-state index >= 15 is 0 Å². The predicted molar refractivity (Wildman–Crippen MR) is 87.6 cm³/mol. The van der Waals surface area contributed by atoms with E-state index in [4.69, 9.17) is 4.74 Å². The van der Waals surface area contributed by atoms with Gasteiger partial charge in [0.15, 0.2) is 5.82 Å². The van der Waals surface area contributed by atoms with Crippen molar-refractivity contribution in [3.63, 3.8) is 0 Å². The molecule has 1 aromatic carbocycles. The first kappa shape index (κ1) is 14.1. The van der Waals surface area contributed by atoms with Crippen molar-refractivity contribution in [1.82, 2.24) is 20.1 Å². The zero-order valence-electron chi connectivity index (χ0n) is 12.7. The summed E-state index contributed by atoms with van der Waals surface area (Å²) in [6.07, 6.45) is 2.30. The van der Waals surface area contributed by atoms with Gasteiger partial charge in [0.1, 0.15) is 11.6 Å². The summed E-state index contributed by atoms with van der Waals surface area (Å²) in [4.78, 5) is 1.27. The van der Waals surface area contributed by atoms with Crippen LogP contribution < -0.4 is 10.1 Å². The minimum absolute atomic E-state index is 0.527. The molecule has 22 heavy (non-hydrogen) atoms. The van der Waals surface area contributed by atoms with Crippen LogP contribution in [0.1, 0.15) is 24.6 Å². The van der Waals surface area contributed by atoms with Gasteiger partial charge in [0, 0.05) is 28.7 Å². The molecule has 1 saturated heterocycles. The molecule has 0 amide bonds. The van der Waals surface area contributed by atoms with Crippen LogP contribution in [0.5, 0.6) is 5.75 Å². The molecule has 3 heterocycles. The molecular formula is C16H20N4OS. The van der Waals surface area contributed by atoms with E-state index in [0.717, 1.165) is 61.2 Å². The van der Waals surface area contributed by atoms with E-state index < -0.39 is 0 Å². The number of fused-ring (bicyclic) bond motifs is 3. The molecule has 5 nitrogen and oxygen atoms in total.